The van der Waals surface area contributed by atoms with Crippen molar-refractivity contribution < 1.29 is 4.74 Å². The first-order chi connectivity index (χ1) is 7.64. The van der Waals surface area contributed by atoms with E-state index in [0.29, 0.717) is 6.61 Å². The Morgan fingerprint density at radius 2 is 1.88 bits per heavy atom. The van der Waals surface area contributed by atoms with Crippen molar-refractivity contribution in [3.8, 4) is 0 Å². The van der Waals surface area contributed by atoms with E-state index < -0.39 is 0 Å². The molecule has 0 amide bonds. The highest BCUT2D eigenvalue weighted by Crippen LogP contribution is 2.19. The monoisotopic (exact) mass is 218 g/mol. The van der Waals surface area contributed by atoms with Gasteiger partial charge in [0.1, 0.15) is 0 Å². The van der Waals surface area contributed by atoms with Crippen molar-refractivity contribution in [2.75, 3.05) is 0 Å². The van der Waals surface area contributed by atoms with Crippen molar-refractivity contribution >= 4 is 0 Å². The number of hydrogen-bond donors (Lipinski definition) is 0. The molecule has 0 saturated heterocycles. The molecular weight excluding hydrogens is 196 g/mol. The maximum Gasteiger partial charge on any atom is 0.0724 e. The Balaban J connectivity index is 2.35. The fourth-order valence-corrected chi connectivity index (χ4v) is 1.52. The molecular formula is C15H22O. The molecule has 0 heterocycles. The summed E-state index contributed by atoms with van der Waals surface area (Å²) in [7, 11) is 0. The highest BCUT2D eigenvalue weighted by Gasteiger charge is 2.16. The standard InChI is InChI=1S/C15H22O/c1-4-5-9-12-15(2,3)16-13-14-10-7-6-8-11-14/h4-8,10-11H,9,12-13H2,1-3H3/b5-4+. The Morgan fingerprint density at radius 1 is 1.19 bits per heavy atom. The quantitative estimate of drug-likeness (QED) is 0.645. The van der Waals surface area contributed by atoms with E-state index in [4.69, 9.17) is 4.74 Å². The third-order valence-electron chi connectivity index (χ3n) is 2.62. The molecule has 88 valence electrons. The maximum atomic E-state index is 5.93. The first-order valence-corrected chi connectivity index (χ1v) is 5.93. The Morgan fingerprint density at radius 3 is 2.50 bits per heavy atom. The van der Waals surface area contributed by atoms with E-state index in [1.165, 1.54) is 5.56 Å². The second kappa shape index (κ2) is 6.49. The van der Waals surface area contributed by atoms with Gasteiger partial charge in [0.2, 0.25) is 0 Å². The van der Waals surface area contributed by atoms with Crippen molar-refractivity contribution in [2.45, 2.75) is 45.8 Å². The lowest BCUT2D eigenvalue weighted by Crippen LogP contribution is -2.23. The largest absolute Gasteiger partial charge is 0.371 e. The smallest absolute Gasteiger partial charge is 0.0724 e. The van der Waals surface area contributed by atoms with E-state index >= 15 is 0 Å². The second-order valence-corrected chi connectivity index (χ2v) is 4.64. The highest BCUT2D eigenvalue weighted by atomic mass is 16.5. The molecule has 1 heteroatoms. The molecule has 1 nitrogen and oxygen atoms in total. The van der Waals surface area contributed by atoms with Gasteiger partial charge in [0.25, 0.3) is 0 Å². The SMILES string of the molecule is C/C=C/CCC(C)(C)OCc1ccccc1. The number of ether oxygens (including phenoxy) is 1. The lowest BCUT2D eigenvalue weighted by Gasteiger charge is -2.24. The van der Waals surface area contributed by atoms with Crippen LogP contribution in [0.3, 0.4) is 0 Å². The van der Waals surface area contributed by atoms with Crippen LogP contribution in [0.25, 0.3) is 0 Å². The molecule has 0 unspecified atom stereocenters. The number of allylic oxidation sites excluding steroid dienone is 2. The average Bonchev–Trinajstić information content (AvgIpc) is 2.28. The molecule has 1 aromatic carbocycles. The van der Waals surface area contributed by atoms with Crippen LogP contribution < -0.4 is 0 Å². The molecule has 0 spiro atoms. The van der Waals surface area contributed by atoms with Crippen LogP contribution in [0.4, 0.5) is 0 Å². The van der Waals surface area contributed by atoms with Gasteiger partial charge in [-0.15, -0.1) is 0 Å². The topological polar surface area (TPSA) is 9.23 Å². The van der Waals surface area contributed by atoms with Gasteiger partial charge in [-0.25, -0.2) is 0 Å². The van der Waals surface area contributed by atoms with Crippen molar-refractivity contribution in [1.82, 2.24) is 0 Å². The first-order valence-electron chi connectivity index (χ1n) is 5.93. The zero-order chi connectivity index (χ0) is 11.9. The Hall–Kier alpha value is -1.08. The fraction of sp³-hybridized carbons (Fsp3) is 0.467. The molecule has 0 radical (unpaired) electrons. The van der Waals surface area contributed by atoms with Gasteiger partial charge in [0.15, 0.2) is 0 Å². The predicted octanol–water partition coefficient (Wildman–Crippen LogP) is 4.34. The summed E-state index contributed by atoms with van der Waals surface area (Å²) in [6.07, 6.45) is 6.42. The molecule has 0 fully saturated rings. The van der Waals surface area contributed by atoms with E-state index in [0.717, 1.165) is 12.8 Å². The lowest BCUT2D eigenvalue weighted by atomic mass is 10.0. The van der Waals surface area contributed by atoms with Gasteiger partial charge in [0.05, 0.1) is 12.2 Å². The first kappa shape index (κ1) is 13.0. The molecule has 16 heavy (non-hydrogen) atoms. The summed E-state index contributed by atoms with van der Waals surface area (Å²) in [5.41, 5.74) is 1.19. The van der Waals surface area contributed by atoms with Crippen LogP contribution in [0.1, 0.15) is 39.2 Å². The van der Waals surface area contributed by atoms with Gasteiger partial charge in [-0.3, -0.25) is 0 Å². The minimum Gasteiger partial charge on any atom is -0.371 e. The Kier molecular flexibility index (Phi) is 5.27. The van der Waals surface area contributed by atoms with Gasteiger partial charge >= 0.3 is 0 Å². The molecule has 1 rings (SSSR count). The summed E-state index contributed by atoms with van der Waals surface area (Å²) in [5, 5.41) is 0. The molecule has 1 aromatic rings. The van der Waals surface area contributed by atoms with Crippen molar-refractivity contribution in [2.24, 2.45) is 0 Å². The zero-order valence-corrected chi connectivity index (χ0v) is 10.6. The Bertz CT molecular complexity index is 311. The van der Waals surface area contributed by atoms with Crippen LogP contribution in [-0.2, 0) is 11.3 Å². The molecule has 0 aromatic heterocycles. The van der Waals surface area contributed by atoms with Crippen LogP contribution in [0.5, 0.6) is 0 Å². The normalized spacial score (nSPS) is 12.2. The minimum atomic E-state index is -0.0463. The summed E-state index contributed by atoms with van der Waals surface area (Å²) in [5.74, 6) is 0. The fourth-order valence-electron chi connectivity index (χ4n) is 1.52. The van der Waals surface area contributed by atoms with Crippen LogP contribution in [0, 0.1) is 0 Å². The van der Waals surface area contributed by atoms with E-state index in [9.17, 15) is 0 Å². The summed E-state index contributed by atoms with van der Waals surface area (Å²) in [6.45, 7) is 7.06. The molecule has 0 aliphatic heterocycles. The molecule has 0 aliphatic rings. The molecule has 0 bridgehead atoms. The minimum absolute atomic E-state index is 0.0463. The van der Waals surface area contributed by atoms with Gasteiger partial charge < -0.3 is 4.74 Å². The van der Waals surface area contributed by atoms with Crippen LogP contribution >= 0.6 is 0 Å². The molecule has 0 N–H and O–H groups in total. The van der Waals surface area contributed by atoms with Crippen molar-refractivity contribution in [3.63, 3.8) is 0 Å². The average molecular weight is 218 g/mol. The van der Waals surface area contributed by atoms with Crippen LogP contribution in [0.15, 0.2) is 42.5 Å². The Labute approximate surface area is 99.1 Å². The second-order valence-electron chi connectivity index (χ2n) is 4.64. The van der Waals surface area contributed by atoms with E-state index in [2.05, 4.69) is 45.1 Å². The number of benzene rings is 1. The van der Waals surface area contributed by atoms with Crippen molar-refractivity contribution in [1.29, 1.82) is 0 Å². The van der Waals surface area contributed by atoms with Gasteiger partial charge in [-0.2, -0.15) is 0 Å². The third-order valence-corrected chi connectivity index (χ3v) is 2.62. The summed E-state index contributed by atoms with van der Waals surface area (Å²) in [4.78, 5) is 0. The molecule has 0 atom stereocenters. The van der Waals surface area contributed by atoms with Gasteiger partial charge in [0, 0.05) is 0 Å². The molecule has 0 aliphatic carbocycles. The lowest BCUT2D eigenvalue weighted by molar-refractivity contribution is -0.0342. The van der Waals surface area contributed by atoms with Gasteiger partial charge in [-0.1, -0.05) is 42.5 Å². The van der Waals surface area contributed by atoms with Crippen LogP contribution in [-0.4, -0.2) is 5.60 Å². The summed E-state index contributed by atoms with van der Waals surface area (Å²) < 4.78 is 5.93. The highest BCUT2D eigenvalue weighted by molar-refractivity contribution is 5.13. The zero-order valence-electron chi connectivity index (χ0n) is 10.6. The van der Waals surface area contributed by atoms with Gasteiger partial charge in [-0.05, 0) is 39.2 Å². The van der Waals surface area contributed by atoms with E-state index in [-0.39, 0.29) is 5.60 Å². The summed E-state index contributed by atoms with van der Waals surface area (Å²) in [6, 6.07) is 10.3. The number of rotatable bonds is 6. The van der Waals surface area contributed by atoms with Crippen LogP contribution in [0.2, 0.25) is 0 Å². The maximum absolute atomic E-state index is 5.93. The predicted molar refractivity (Wildman–Crippen MR) is 69.4 cm³/mol. The third kappa shape index (κ3) is 5.13. The molecule has 0 saturated carbocycles. The van der Waals surface area contributed by atoms with E-state index in [1.807, 2.05) is 18.2 Å². The van der Waals surface area contributed by atoms with E-state index in [1.54, 1.807) is 0 Å². The van der Waals surface area contributed by atoms with Crippen molar-refractivity contribution in [3.05, 3.63) is 48.0 Å². The number of hydrogen-bond acceptors (Lipinski definition) is 1. The summed E-state index contributed by atoms with van der Waals surface area (Å²) >= 11 is 0.